The molecule has 33 heavy (non-hydrogen) atoms. The Labute approximate surface area is 194 Å². The van der Waals surface area contributed by atoms with Crippen LogP contribution in [0.5, 0.6) is 11.5 Å². The van der Waals surface area contributed by atoms with Crippen molar-refractivity contribution in [3.05, 3.63) is 105 Å². The molecule has 3 aromatic rings. The van der Waals surface area contributed by atoms with Gasteiger partial charge in [0, 0.05) is 5.56 Å². The van der Waals surface area contributed by atoms with Gasteiger partial charge in [-0.1, -0.05) is 60.7 Å². The van der Waals surface area contributed by atoms with Crippen molar-refractivity contribution >= 4 is 34.5 Å². The maximum atomic E-state index is 13.7. The predicted octanol–water partition coefficient (Wildman–Crippen LogP) is 4.12. The van der Waals surface area contributed by atoms with Crippen LogP contribution in [0.2, 0.25) is 0 Å². The van der Waals surface area contributed by atoms with E-state index in [1.807, 2.05) is 30.3 Å². The summed E-state index contributed by atoms with van der Waals surface area (Å²) in [7, 11) is 1.23. The highest BCUT2D eigenvalue weighted by Crippen LogP contribution is 2.44. The third kappa shape index (κ3) is 4.13. The second kappa shape index (κ2) is 9.09. The van der Waals surface area contributed by atoms with E-state index < -0.39 is 16.7 Å². The molecule has 0 unspecified atom stereocenters. The van der Waals surface area contributed by atoms with Crippen LogP contribution in [0.4, 0.5) is 5.69 Å². The molecule has 0 saturated heterocycles. The first kappa shape index (κ1) is 22.0. The van der Waals surface area contributed by atoms with E-state index >= 15 is 0 Å². The lowest BCUT2D eigenvalue weighted by molar-refractivity contribution is -0.386. The van der Waals surface area contributed by atoms with Gasteiger partial charge >= 0.3 is 5.69 Å². The number of phenolic OH excluding ortho intramolecular Hbond substituents is 1. The van der Waals surface area contributed by atoms with Gasteiger partial charge in [0.1, 0.15) is 0 Å². The van der Waals surface area contributed by atoms with Gasteiger partial charge in [0.25, 0.3) is 0 Å². The summed E-state index contributed by atoms with van der Waals surface area (Å²) in [6.07, 6.45) is 0. The van der Waals surface area contributed by atoms with Gasteiger partial charge in [0.15, 0.2) is 16.6 Å². The molecule has 0 bridgehead atoms. The van der Waals surface area contributed by atoms with Gasteiger partial charge in [0.2, 0.25) is 5.75 Å². The van der Waals surface area contributed by atoms with Crippen molar-refractivity contribution in [3.8, 4) is 11.5 Å². The fourth-order valence-electron chi connectivity index (χ4n) is 3.82. The van der Waals surface area contributed by atoms with Crippen LogP contribution in [0.15, 0.2) is 78.4 Å². The van der Waals surface area contributed by atoms with E-state index in [2.05, 4.69) is 10.6 Å². The molecule has 1 heterocycles. The quantitative estimate of drug-likeness (QED) is 0.217. The van der Waals surface area contributed by atoms with E-state index in [0.717, 1.165) is 0 Å². The molecule has 0 aliphatic carbocycles. The molecule has 1 atom stereocenters. The molecule has 3 N–H and O–H groups in total. The zero-order valence-corrected chi connectivity index (χ0v) is 18.3. The van der Waals surface area contributed by atoms with Crippen LogP contribution in [-0.4, -0.2) is 28.0 Å². The normalized spacial score (nSPS) is 15.4. The zero-order chi connectivity index (χ0) is 23.5. The van der Waals surface area contributed by atoms with E-state index in [0.29, 0.717) is 16.8 Å². The minimum absolute atomic E-state index is 0.131. The number of Topliss-reactive ketones (excluding diaryl/α,β-unsaturated/α-hetero) is 1. The number of hydrogen-bond acceptors (Lipinski definition) is 6. The molecule has 3 aromatic carbocycles. The van der Waals surface area contributed by atoms with Gasteiger partial charge in [-0.2, -0.15) is 0 Å². The zero-order valence-electron chi connectivity index (χ0n) is 17.4. The van der Waals surface area contributed by atoms with Crippen LogP contribution in [0, 0.1) is 10.1 Å². The van der Waals surface area contributed by atoms with E-state index in [1.165, 1.54) is 19.2 Å². The van der Waals surface area contributed by atoms with E-state index in [1.54, 1.807) is 30.3 Å². The summed E-state index contributed by atoms with van der Waals surface area (Å²) in [5.74, 6) is -1.01. The minimum atomic E-state index is -0.975. The van der Waals surface area contributed by atoms with Crippen molar-refractivity contribution in [2.24, 2.45) is 0 Å². The lowest BCUT2D eigenvalue weighted by atomic mass is 9.86. The molecule has 8 nitrogen and oxygen atoms in total. The molecule has 0 radical (unpaired) electrons. The minimum Gasteiger partial charge on any atom is -0.504 e. The Morgan fingerprint density at radius 3 is 2.30 bits per heavy atom. The van der Waals surface area contributed by atoms with Crippen LogP contribution >= 0.6 is 12.2 Å². The number of nitro benzene ring substituents is 1. The standard InChI is InChI=1S/C24H19N3O5S/c1-32-23-17(28)13-12-16(21(23)27(30)31)20-18(22(29)15-10-6-3-7-11-15)19(25-24(33)26-20)14-8-4-2-5-9-14/h2-13,20,28H,1H3,(H2,25,26,33)/t20-/m0/s1. The Morgan fingerprint density at radius 2 is 1.70 bits per heavy atom. The summed E-state index contributed by atoms with van der Waals surface area (Å²) in [6, 6.07) is 19.5. The summed E-state index contributed by atoms with van der Waals surface area (Å²) in [5, 5.41) is 28.4. The Balaban J connectivity index is 2.02. The van der Waals surface area contributed by atoms with Crippen molar-refractivity contribution in [1.29, 1.82) is 0 Å². The first-order chi connectivity index (χ1) is 15.9. The van der Waals surface area contributed by atoms with Gasteiger partial charge in [-0.3, -0.25) is 14.9 Å². The van der Waals surface area contributed by atoms with Crippen LogP contribution in [0.3, 0.4) is 0 Å². The number of nitrogens with one attached hydrogen (secondary N) is 2. The van der Waals surface area contributed by atoms with Crippen LogP contribution in [0.1, 0.15) is 27.5 Å². The topological polar surface area (TPSA) is 114 Å². The number of aromatic hydroxyl groups is 1. The molecule has 0 fully saturated rings. The Hall–Kier alpha value is -4.24. The number of ketones is 1. The molecular formula is C24H19N3O5S. The van der Waals surface area contributed by atoms with Crippen LogP contribution in [0.25, 0.3) is 5.70 Å². The average Bonchev–Trinajstić information content (AvgIpc) is 2.83. The summed E-state index contributed by atoms with van der Waals surface area (Å²) in [4.78, 5) is 25.1. The number of benzene rings is 3. The molecular weight excluding hydrogens is 442 g/mol. The first-order valence-electron chi connectivity index (χ1n) is 9.93. The highest BCUT2D eigenvalue weighted by atomic mass is 32.1. The molecule has 1 aliphatic rings. The van der Waals surface area contributed by atoms with Crippen molar-refractivity contribution in [2.45, 2.75) is 6.04 Å². The second-order valence-corrected chi connectivity index (χ2v) is 7.60. The van der Waals surface area contributed by atoms with Gasteiger partial charge in [-0.05, 0) is 29.9 Å². The molecule has 4 rings (SSSR count). The van der Waals surface area contributed by atoms with Crippen LogP contribution < -0.4 is 15.4 Å². The van der Waals surface area contributed by atoms with Crippen LogP contribution in [-0.2, 0) is 0 Å². The fraction of sp³-hybridized carbons (Fsp3) is 0.0833. The SMILES string of the molecule is COc1c(O)ccc([C@@H]2NC(=S)NC(c3ccccc3)=C2C(=O)c2ccccc2)c1[N+](=O)[O-]. The number of nitrogens with zero attached hydrogens (tertiary/aromatic N) is 1. The monoisotopic (exact) mass is 461 g/mol. The summed E-state index contributed by atoms with van der Waals surface area (Å²) in [6.45, 7) is 0. The molecule has 9 heteroatoms. The maximum absolute atomic E-state index is 13.7. The maximum Gasteiger partial charge on any atom is 0.320 e. The molecule has 1 aliphatic heterocycles. The largest absolute Gasteiger partial charge is 0.504 e. The molecule has 0 aromatic heterocycles. The van der Waals surface area contributed by atoms with Crippen molar-refractivity contribution in [3.63, 3.8) is 0 Å². The summed E-state index contributed by atoms with van der Waals surface area (Å²) >= 11 is 5.39. The predicted molar refractivity (Wildman–Crippen MR) is 127 cm³/mol. The average molecular weight is 461 g/mol. The lowest BCUT2D eigenvalue weighted by Gasteiger charge is -2.31. The number of nitro groups is 1. The van der Waals surface area contributed by atoms with Crippen molar-refractivity contribution in [2.75, 3.05) is 7.11 Å². The highest BCUT2D eigenvalue weighted by Gasteiger charge is 2.38. The third-order valence-electron chi connectivity index (χ3n) is 5.25. The summed E-state index contributed by atoms with van der Waals surface area (Å²) < 4.78 is 5.12. The number of phenols is 1. The second-order valence-electron chi connectivity index (χ2n) is 7.19. The van der Waals surface area contributed by atoms with Crippen molar-refractivity contribution in [1.82, 2.24) is 10.6 Å². The Bertz CT molecular complexity index is 1280. The van der Waals surface area contributed by atoms with Crippen molar-refractivity contribution < 1.29 is 19.6 Å². The van der Waals surface area contributed by atoms with E-state index in [9.17, 15) is 20.0 Å². The van der Waals surface area contributed by atoms with Gasteiger partial charge < -0.3 is 20.5 Å². The number of methoxy groups -OCH3 is 1. The van der Waals surface area contributed by atoms with Gasteiger partial charge in [0.05, 0.1) is 34.9 Å². The number of thiocarbonyl (C=S) groups is 1. The van der Waals surface area contributed by atoms with E-state index in [-0.39, 0.29) is 33.5 Å². The number of carbonyl (C=O) groups is 1. The molecule has 166 valence electrons. The summed E-state index contributed by atoms with van der Waals surface area (Å²) in [5.41, 5.74) is 1.47. The number of rotatable bonds is 6. The molecule has 0 saturated carbocycles. The Kier molecular flexibility index (Phi) is 6.05. The fourth-order valence-corrected chi connectivity index (χ4v) is 4.04. The van der Waals surface area contributed by atoms with E-state index in [4.69, 9.17) is 17.0 Å². The third-order valence-corrected chi connectivity index (χ3v) is 5.47. The first-order valence-corrected chi connectivity index (χ1v) is 10.3. The number of hydrogen-bond donors (Lipinski definition) is 3. The number of carbonyl (C=O) groups excluding carboxylic acids is 1. The lowest BCUT2D eigenvalue weighted by Crippen LogP contribution is -2.45. The molecule has 0 amide bonds. The Morgan fingerprint density at radius 1 is 1.06 bits per heavy atom. The molecule has 0 spiro atoms. The van der Waals surface area contributed by atoms with Gasteiger partial charge in [-0.25, -0.2) is 0 Å². The smallest absolute Gasteiger partial charge is 0.320 e. The highest BCUT2D eigenvalue weighted by molar-refractivity contribution is 7.80. The van der Waals surface area contributed by atoms with Gasteiger partial charge in [-0.15, -0.1) is 0 Å². The number of ether oxygens (including phenoxy) is 1.